The molecule has 2 amide bonds. The summed E-state index contributed by atoms with van der Waals surface area (Å²) in [5, 5.41) is 14.4. The SMILES string of the molecule is CCN(CC)c1ccc(C(=O)NC(c2cc(F)ccc2S(C)(=O)=O)C(O)C(=O)N(N)c2ccc3nc(N)[nH]c3c2)cc1. The number of amides is 2. The van der Waals surface area contributed by atoms with E-state index in [1.165, 1.54) is 12.1 Å². The first-order chi connectivity index (χ1) is 19.8. The van der Waals surface area contributed by atoms with Crippen LogP contribution in [0.2, 0.25) is 0 Å². The van der Waals surface area contributed by atoms with Gasteiger partial charge >= 0.3 is 0 Å². The van der Waals surface area contributed by atoms with Crippen molar-refractivity contribution in [2.45, 2.75) is 30.9 Å². The zero-order chi connectivity index (χ0) is 30.8. The smallest absolute Gasteiger partial charge is 0.272 e. The zero-order valence-corrected chi connectivity index (χ0v) is 24.0. The van der Waals surface area contributed by atoms with Crippen molar-refractivity contribution in [3.8, 4) is 0 Å². The van der Waals surface area contributed by atoms with E-state index in [0.29, 0.717) is 16.0 Å². The van der Waals surface area contributed by atoms with Gasteiger partial charge in [0.2, 0.25) is 0 Å². The van der Waals surface area contributed by atoms with Gasteiger partial charge in [-0.25, -0.2) is 28.6 Å². The molecule has 0 aliphatic carbocycles. The van der Waals surface area contributed by atoms with Crippen LogP contribution in [0.1, 0.15) is 35.8 Å². The average molecular weight is 598 g/mol. The maximum Gasteiger partial charge on any atom is 0.272 e. The maximum atomic E-state index is 14.4. The molecule has 0 saturated heterocycles. The van der Waals surface area contributed by atoms with Crippen molar-refractivity contribution in [2.24, 2.45) is 5.84 Å². The number of halogens is 1. The van der Waals surface area contributed by atoms with E-state index in [1.54, 1.807) is 30.3 Å². The molecule has 0 radical (unpaired) electrons. The summed E-state index contributed by atoms with van der Waals surface area (Å²) < 4.78 is 39.6. The van der Waals surface area contributed by atoms with Gasteiger partial charge in [-0.1, -0.05) is 0 Å². The topological polar surface area (TPSA) is 188 Å². The molecular weight excluding hydrogens is 565 g/mol. The lowest BCUT2D eigenvalue weighted by Gasteiger charge is -2.28. The number of carbonyl (C=O) groups is 2. The highest BCUT2D eigenvalue weighted by Gasteiger charge is 2.35. The molecule has 0 aliphatic heterocycles. The quantitative estimate of drug-likeness (QED) is 0.0791. The molecule has 0 spiro atoms. The molecule has 4 rings (SSSR count). The Morgan fingerprint density at radius 2 is 1.69 bits per heavy atom. The number of nitrogens with two attached hydrogens (primary N) is 2. The summed E-state index contributed by atoms with van der Waals surface area (Å²) in [5.41, 5.74) is 7.51. The summed E-state index contributed by atoms with van der Waals surface area (Å²) in [6.07, 6.45) is -1.23. The van der Waals surface area contributed by atoms with Crippen LogP contribution in [0.3, 0.4) is 0 Å². The lowest BCUT2D eigenvalue weighted by molar-refractivity contribution is -0.128. The van der Waals surface area contributed by atoms with Gasteiger partial charge in [-0.15, -0.1) is 0 Å². The van der Waals surface area contributed by atoms with Crippen LogP contribution in [0.25, 0.3) is 11.0 Å². The Morgan fingerprint density at radius 3 is 2.31 bits per heavy atom. The second-order valence-electron chi connectivity index (χ2n) is 9.60. The van der Waals surface area contributed by atoms with E-state index < -0.39 is 39.6 Å². The number of nitrogen functional groups attached to an aromatic ring is 1. The molecule has 1 heterocycles. The molecule has 222 valence electrons. The van der Waals surface area contributed by atoms with E-state index in [-0.39, 0.29) is 27.7 Å². The second kappa shape index (κ2) is 12.1. The monoisotopic (exact) mass is 597 g/mol. The zero-order valence-electron chi connectivity index (χ0n) is 23.2. The highest BCUT2D eigenvalue weighted by atomic mass is 32.2. The summed E-state index contributed by atoms with van der Waals surface area (Å²) >= 11 is 0. The van der Waals surface area contributed by atoms with E-state index in [4.69, 9.17) is 11.6 Å². The van der Waals surface area contributed by atoms with Crippen molar-refractivity contribution >= 4 is 50.0 Å². The van der Waals surface area contributed by atoms with E-state index in [1.807, 2.05) is 13.8 Å². The number of nitrogens with one attached hydrogen (secondary N) is 2. The van der Waals surface area contributed by atoms with Crippen LogP contribution in [0.15, 0.2) is 65.6 Å². The van der Waals surface area contributed by atoms with Gasteiger partial charge in [0.05, 0.1) is 27.7 Å². The summed E-state index contributed by atoms with van der Waals surface area (Å²) in [6, 6.07) is 12.1. The Morgan fingerprint density at radius 1 is 1.05 bits per heavy atom. The largest absolute Gasteiger partial charge is 0.381 e. The predicted molar refractivity (Wildman–Crippen MR) is 158 cm³/mol. The van der Waals surface area contributed by atoms with Gasteiger partial charge in [-0.3, -0.25) is 9.59 Å². The van der Waals surface area contributed by atoms with Crippen molar-refractivity contribution in [1.29, 1.82) is 0 Å². The molecule has 12 nitrogen and oxygen atoms in total. The fourth-order valence-corrected chi connectivity index (χ4v) is 5.57. The number of aliphatic hydroxyl groups is 1. The van der Waals surface area contributed by atoms with Gasteiger partial charge in [0.25, 0.3) is 11.8 Å². The Bertz CT molecular complexity index is 1720. The predicted octanol–water partition coefficient (Wildman–Crippen LogP) is 2.27. The number of hydrogen-bond acceptors (Lipinski definition) is 9. The number of anilines is 3. The first-order valence-corrected chi connectivity index (χ1v) is 14.9. The summed E-state index contributed by atoms with van der Waals surface area (Å²) in [6.45, 7) is 5.49. The van der Waals surface area contributed by atoms with Crippen LogP contribution < -0.4 is 26.8 Å². The number of fused-ring (bicyclic) bond motifs is 1. The van der Waals surface area contributed by atoms with Crippen molar-refractivity contribution < 1.29 is 27.5 Å². The van der Waals surface area contributed by atoms with Crippen molar-refractivity contribution in [2.75, 3.05) is 35.0 Å². The number of aromatic nitrogens is 2. The number of benzene rings is 3. The Kier molecular flexibility index (Phi) is 8.80. The van der Waals surface area contributed by atoms with Crippen molar-refractivity contribution in [3.63, 3.8) is 0 Å². The third-order valence-corrected chi connectivity index (χ3v) is 7.99. The van der Waals surface area contributed by atoms with Gasteiger partial charge < -0.3 is 26.0 Å². The molecule has 3 aromatic carbocycles. The number of rotatable bonds is 10. The normalized spacial score (nSPS) is 13.0. The highest BCUT2D eigenvalue weighted by Crippen LogP contribution is 2.29. The molecule has 7 N–H and O–H groups in total. The number of H-pyrrole nitrogens is 1. The number of hydrazine groups is 1. The summed E-state index contributed by atoms with van der Waals surface area (Å²) in [7, 11) is -3.98. The maximum absolute atomic E-state index is 14.4. The molecule has 1 aromatic heterocycles. The lowest BCUT2D eigenvalue weighted by atomic mass is 9.99. The second-order valence-corrected chi connectivity index (χ2v) is 11.6. The number of imidazole rings is 1. The van der Waals surface area contributed by atoms with Gasteiger partial charge in [-0.05, 0) is 80.1 Å². The Balaban J connectivity index is 1.72. The van der Waals surface area contributed by atoms with E-state index in [0.717, 1.165) is 43.2 Å². The van der Waals surface area contributed by atoms with Crippen LogP contribution in [-0.4, -0.2) is 60.8 Å². The minimum atomic E-state index is -3.98. The van der Waals surface area contributed by atoms with Crippen molar-refractivity contribution in [3.05, 3.63) is 77.6 Å². The molecule has 42 heavy (non-hydrogen) atoms. The Labute approximate surface area is 242 Å². The molecular formula is C28H32FN7O5S. The average Bonchev–Trinajstić information content (AvgIpc) is 3.34. The van der Waals surface area contributed by atoms with Gasteiger partial charge in [0.1, 0.15) is 5.82 Å². The fourth-order valence-electron chi connectivity index (χ4n) is 4.64. The number of aromatic amines is 1. The van der Waals surface area contributed by atoms with E-state index in [2.05, 4.69) is 20.2 Å². The van der Waals surface area contributed by atoms with Crippen LogP contribution in [0.5, 0.6) is 0 Å². The van der Waals surface area contributed by atoms with Crippen LogP contribution in [-0.2, 0) is 14.6 Å². The first kappa shape index (κ1) is 30.4. The minimum absolute atomic E-state index is 0.134. The standard InChI is InChI=1S/C28H32FN7O5S/c1-4-35(5-2)18-9-6-16(7-10-18)26(38)34-24(20-14-17(29)8-13-23(20)42(3,40)41)25(37)27(39)36(31)19-11-12-21-22(15-19)33-28(30)32-21/h6-15,24-25,37H,4-5,31H2,1-3H3,(H,34,38)(H3,30,32,33). The summed E-state index contributed by atoms with van der Waals surface area (Å²) in [5.74, 6) is 3.53. The molecule has 0 bridgehead atoms. The number of aliphatic hydroxyl groups excluding tert-OH is 1. The first-order valence-electron chi connectivity index (χ1n) is 13.0. The molecule has 0 fully saturated rings. The summed E-state index contributed by atoms with van der Waals surface area (Å²) in [4.78, 5) is 35.4. The van der Waals surface area contributed by atoms with E-state index in [9.17, 15) is 27.5 Å². The number of sulfone groups is 1. The number of nitrogens with zero attached hydrogens (tertiary/aromatic N) is 3. The third kappa shape index (κ3) is 6.35. The Hall–Kier alpha value is -4.53. The number of carbonyl (C=O) groups excluding carboxylic acids is 2. The highest BCUT2D eigenvalue weighted by molar-refractivity contribution is 7.90. The third-order valence-electron chi connectivity index (χ3n) is 6.82. The fraction of sp³-hybridized carbons (Fsp3) is 0.250. The van der Waals surface area contributed by atoms with Crippen LogP contribution in [0, 0.1) is 5.82 Å². The van der Waals surface area contributed by atoms with Gasteiger partial charge in [-0.2, -0.15) is 0 Å². The molecule has 2 atom stereocenters. The van der Waals surface area contributed by atoms with Gasteiger partial charge in [0.15, 0.2) is 21.9 Å². The van der Waals surface area contributed by atoms with E-state index >= 15 is 0 Å². The minimum Gasteiger partial charge on any atom is -0.381 e. The molecule has 4 aromatic rings. The van der Waals surface area contributed by atoms with Crippen LogP contribution >= 0.6 is 0 Å². The molecule has 2 unspecified atom stereocenters. The van der Waals surface area contributed by atoms with Crippen LogP contribution in [0.4, 0.5) is 21.7 Å². The molecule has 14 heteroatoms. The lowest BCUT2D eigenvalue weighted by Crippen LogP contribution is -2.50. The molecule has 0 saturated carbocycles. The number of hydrogen-bond donors (Lipinski definition) is 5. The molecule has 0 aliphatic rings. The van der Waals surface area contributed by atoms with Gasteiger partial charge in [0, 0.05) is 30.6 Å². The van der Waals surface area contributed by atoms with Crippen molar-refractivity contribution in [1.82, 2.24) is 15.3 Å².